The summed E-state index contributed by atoms with van der Waals surface area (Å²) in [6.45, 7) is 0. The van der Waals surface area contributed by atoms with Crippen LogP contribution in [0.15, 0.2) is 23.8 Å². The average Bonchev–Trinajstić information content (AvgIpc) is 3.19. The van der Waals surface area contributed by atoms with Gasteiger partial charge in [0.25, 0.3) is 0 Å². The number of rotatable bonds is 4. The van der Waals surface area contributed by atoms with E-state index in [1.165, 1.54) is 0 Å². The Morgan fingerprint density at radius 3 is 2.83 bits per heavy atom. The van der Waals surface area contributed by atoms with Crippen molar-refractivity contribution in [2.75, 3.05) is 10.6 Å². The molecule has 0 aliphatic heterocycles. The van der Waals surface area contributed by atoms with Crippen LogP contribution in [0.4, 0.5) is 17.5 Å². The van der Waals surface area contributed by atoms with Gasteiger partial charge in [0.1, 0.15) is 5.82 Å². The zero-order valence-electron chi connectivity index (χ0n) is 13.4. The molecule has 0 saturated heterocycles. The first-order valence-corrected chi connectivity index (χ1v) is 9.01. The largest absolute Gasteiger partial charge is 0.393 e. The molecule has 0 radical (unpaired) electrons. The predicted molar refractivity (Wildman–Crippen MR) is 95.8 cm³/mol. The predicted octanol–water partition coefficient (Wildman–Crippen LogP) is 2.88. The van der Waals surface area contributed by atoms with Crippen molar-refractivity contribution in [1.82, 2.24) is 19.7 Å². The molecule has 0 bridgehead atoms. The average molecular weight is 344 g/mol. The summed E-state index contributed by atoms with van der Waals surface area (Å²) in [6.07, 6.45) is 7.09. The molecule has 3 N–H and O–H groups in total. The Morgan fingerprint density at radius 1 is 1.25 bits per heavy atom. The Morgan fingerprint density at radius 2 is 2.08 bits per heavy atom. The van der Waals surface area contributed by atoms with Crippen LogP contribution in [-0.4, -0.2) is 37.0 Å². The van der Waals surface area contributed by atoms with E-state index in [1.54, 1.807) is 22.2 Å². The van der Waals surface area contributed by atoms with Gasteiger partial charge < -0.3 is 15.7 Å². The van der Waals surface area contributed by atoms with Gasteiger partial charge in [0.05, 0.1) is 28.2 Å². The standard InChI is InChI=1S/C16H20N6OS/c1-22-9-11(8-17-22)19-16-20-13-6-7-24-14(13)15(21-16)18-10-2-4-12(23)5-3-10/h6-10,12,23H,2-5H2,1H3,(H2,18,19,20,21). The summed E-state index contributed by atoms with van der Waals surface area (Å²) in [5.74, 6) is 1.43. The Hall–Kier alpha value is -2.19. The number of nitrogens with one attached hydrogen (secondary N) is 2. The molecule has 3 aromatic rings. The summed E-state index contributed by atoms with van der Waals surface area (Å²) in [5, 5.41) is 22.6. The van der Waals surface area contributed by atoms with Crippen LogP contribution >= 0.6 is 11.3 Å². The molecule has 7 nitrogen and oxygen atoms in total. The third-order valence-corrected chi connectivity index (χ3v) is 5.21. The van der Waals surface area contributed by atoms with E-state index in [0.29, 0.717) is 12.0 Å². The molecule has 126 valence electrons. The van der Waals surface area contributed by atoms with E-state index in [-0.39, 0.29) is 6.10 Å². The van der Waals surface area contributed by atoms with Crippen molar-refractivity contribution in [2.45, 2.75) is 37.8 Å². The van der Waals surface area contributed by atoms with Crippen molar-refractivity contribution < 1.29 is 5.11 Å². The van der Waals surface area contributed by atoms with Gasteiger partial charge in [-0.2, -0.15) is 10.1 Å². The van der Waals surface area contributed by atoms with Crippen LogP contribution in [0.5, 0.6) is 0 Å². The van der Waals surface area contributed by atoms with Crippen molar-refractivity contribution in [3.05, 3.63) is 23.8 Å². The lowest BCUT2D eigenvalue weighted by Crippen LogP contribution is -2.28. The minimum absolute atomic E-state index is 0.155. The third kappa shape index (κ3) is 3.20. The van der Waals surface area contributed by atoms with E-state index in [4.69, 9.17) is 0 Å². The normalized spacial score (nSPS) is 21.1. The maximum atomic E-state index is 9.67. The number of hydrogen-bond acceptors (Lipinski definition) is 7. The number of aryl methyl sites for hydroxylation is 1. The maximum absolute atomic E-state index is 9.67. The summed E-state index contributed by atoms with van der Waals surface area (Å²) in [6, 6.07) is 2.35. The summed E-state index contributed by atoms with van der Waals surface area (Å²) in [5.41, 5.74) is 1.79. The summed E-state index contributed by atoms with van der Waals surface area (Å²) < 4.78 is 2.80. The van der Waals surface area contributed by atoms with Crippen molar-refractivity contribution in [3.8, 4) is 0 Å². The second-order valence-electron chi connectivity index (χ2n) is 6.21. The minimum atomic E-state index is -0.155. The summed E-state index contributed by atoms with van der Waals surface area (Å²) in [7, 11) is 1.87. The number of anilines is 3. The topological polar surface area (TPSA) is 87.9 Å². The molecule has 1 saturated carbocycles. The van der Waals surface area contributed by atoms with Gasteiger partial charge in [-0.3, -0.25) is 4.68 Å². The molecule has 24 heavy (non-hydrogen) atoms. The highest BCUT2D eigenvalue weighted by Crippen LogP contribution is 2.30. The van der Waals surface area contributed by atoms with Gasteiger partial charge in [-0.1, -0.05) is 0 Å². The van der Waals surface area contributed by atoms with Gasteiger partial charge >= 0.3 is 0 Å². The lowest BCUT2D eigenvalue weighted by atomic mass is 9.93. The molecule has 0 spiro atoms. The zero-order valence-corrected chi connectivity index (χ0v) is 14.3. The van der Waals surface area contributed by atoms with Crippen molar-refractivity contribution in [1.29, 1.82) is 0 Å². The second-order valence-corrected chi connectivity index (χ2v) is 7.12. The van der Waals surface area contributed by atoms with Gasteiger partial charge in [-0.15, -0.1) is 11.3 Å². The molecule has 3 aromatic heterocycles. The van der Waals surface area contributed by atoms with Gasteiger partial charge in [0.2, 0.25) is 5.95 Å². The zero-order chi connectivity index (χ0) is 16.5. The van der Waals surface area contributed by atoms with Crippen LogP contribution in [0, 0.1) is 0 Å². The Balaban J connectivity index is 1.60. The number of fused-ring (bicyclic) bond motifs is 1. The number of aromatic nitrogens is 4. The second kappa shape index (κ2) is 6.37. The van der Waals surface area contributed by atoms with Gasteiger partial charge in [0, 0.05) is 19.3 Å². The first-order valence-electron chi connectivity index (χ1n) is 8.13. The molecule has 0 unspecified atom stereocenters. The maximum Gasteiger partial charge on any atom is 0.229 e. The van der Waals surface area contributed by atoms with E-state index < -0.39 is 0 Å². The van der Waals surface area contributed by atoms with E-state index >= 15 is 0 Å². The Bertz CT molecular complexity index is 836. The minimum Gasteiger partial charge on any atom is -0.393 e. The fourth-order valence-corrected chi connectivity index (χ4v) is 3.83. The molecule has 1 aliphatic rings. The van der Waals surface area contributed by atoms with Gasteiger partial charge in [0.15, 0.2) is 0 Å². The first kappa shape index (κ1) is 15.3. The van der Waals surface area contributed by atoms with Gasteiger partial charge in [-0.25, -0.2) is 4.98 Å². The van der Waals surface area contributed by atoms with E-state index in [1.807, 2.05) is 24.7 Å². The van der Waals surface area contributed by atoms with Crippen LogP contribution in [0.1, 0.15) is 25.7 Å². The van der Waals surface area contributed by atoms with Crippen LogP contribution in [0.3, 0.4) is 0 Å². The highest BCUT2D eigenvalue weighted by molar-refractivity contribution is 7.17. The van der Waals surface area contributed by atoms with E-state index in [2.05, 4.69) is 25.7 Å². The highest BCUT2D eigenvalue weighted by atomic mass is 32.1. The smallest absolute Gasteiger partial charge is 0.229 e. The fraction of sp³-hybridized carbons (Fsp3) is 0.438. The summed E-state index contributed by atoms with van der Waals surface area (Å²) in [4.78, 5) is 9.25. The molecular weight excluding hydrogens is 324 g/mol. The number of hydrogen-bond donors (Lipinski definition) is 3. The molecule has 4 rings (SSSR count). The number of aliphatic hydroxyl groups is 1. The van der Waals surface area contributed by atoms with Crippen LogP contribution < -0.4 is 10.6 Å². The molecule has 0 atom stereocenters. The highest BCUT2D eigenvalue weighted by Gasteiger charge is 2.21. The lowest BCUT2D eigenvalue weighted by Gasteiger charge is -2.26. The summed E-state index contributed by atoms with van der Waals surface area (Å²) >= 11 is 1.64. The number of thiophene rings is 1. The van der Waals surface area contributed by atoms with Crippen LogP contribution in [0.2, 0.25) is 0 Å². The first-order chi connectivity index (χ1) is 11.7. The molecule has 1 aliphatic carbocycles. The molecule has 8 heteroatoms. The number of aliphatic hydroxyl groups excluding tert-OH is 1. The van der Waals surface area contributed by atoms with E-state index in [0.717, 1.165) is 47.4 Å². The molecule has 0 amide bonds. The van der Waals surface area contributed by atoms with E-state index in [9.17, 15) is 5.11 Å². The molecular formula is C16H20N6OS. The quantitative estimate of drug-likeness (QED) is 0.674. The third-order valence-electron chi connectivity index (χ3n) is 4.30. The van der Waals surface area contributed by atoms with Crippen LogP contribution in [0.25, 0.3) is 10.2 Å². The Labute approximate surface area is 143 Å². The number of nitrogens with zero attached hydrogens (tertiary/aromatic N) is 4. The van der Waals surface area contributed by atoms with Crippen molar-refractivity contribution in [2.24, 2.45) is 7.05 Å². The molecule has 1 fully saturated rings. The van der Waals surface area contributed by atoms with Crippen molar-refractivity contribution >= 4 is 39.0 Å². The van der Waals surface area contributed by atoms with Crippen molar-refractivity contribution in [3.63, 3.8) is 0 Å². The lowest BCUT2D eigenvalue weighted by molar-refractivity contribution is 0.126. The molecule has 0 aromatic carbocycles. The monoisotopic (exact) mass is 344 g/mol. The SMILES string of the molecule is Cn1cc(Nc2nc(NC3CCC(O)CC3)c3sccc3n2)cn1. The fourth-order valence-electron chi connectivity index (χ4n) is 3.05. The molecule has 3 heterocycles. The van der Waals surface area contributed by atoms with Crippen LogP contribution in [-0.2, 0) is 7.05 Å². The Kier molecular flexibility index (Phi) is 4.07. The van der Waals surface area contributed by atoms with Gasteiger partial charge in [-0.05, 0) is 37.1 Å².